The first-order valence-corrected chi connectivity index (χ1v) is 19.6. The van der Waals surface area contributed by atoms with E-state index in [0.717, 1.165) is 0 Å². The molecule has 9 heterocycles. The molecule has 5 aliphatic rings. The van der Waals surface area contributed by atoms with Crippen LogP contribution in [0.5, 0.6) is 11.8 Å². The Bertz CT molecular complexity index is 1850. The predicted octanol–water partition coefficient (Wildman–Crippen LogP) is 0.582. The number of nitrogens with zero attached hydrogens (tertiary/aromatic N) is 8. The summed E-state index contributed by atoms with van der Waals surface area (Å²) >= 11 is 9.46. The van der Waals surface area contributed by atoms with Gasteiger partial charge in [0.25, 0.3) is 0 Å². The molecule has 3 saturated heterocycles. The van der Waals surface area contributed by atoms with Crippen LogP contribution in [-0.2, 0) is 43.9 Å². The lowest BCUT2D eigenvalue weighted by Gasteiger charge is -2.27. The first-order valence-electron chi connectivity index (χ1n) is 14.3. The highest BCUT2D eigenvalue weighted by atomic mass is 32.7. The maximum absolute atomic E-state index is 13.6. The first-order chi connectivity index (χ1) is 23.1. The van der Waals surface area contributed by atoms with E-state index in [1.807, 2.05) is 0 Å². The van der Waals surface area contributed by atoms with Gasteiger partial charge >= 0.3 is 13.5 Å². The average molecular weight is 745 g/mol. The van der Waals surface area contributed by atoms with E-state index in [2.05, 4.69) is 42.2 Å². The van der Waals surface area contributed by atoms with Gasteiger partial charge in [-0.2, -0.15) is 9.97 Å². The summed E-state index contributed by atoms with van der Waals surface area (Å²) in [5, 5.41) is 22.7. The van der Waals surface area contributed by atoms with E-state index in [1.165, 1.54) is 34.4 Å². The number of aliphatic hydroxyl groups is 2. The van der Waals surface area contributed by atoms with E-state index >= 15 is 0 Å². The molecule has 0 aromatic carbocycles. The van der Waals surface area contributed by atoms with Crippen molar-refractivity contribution in [2.75, 3.05) is 26.4 Å². The van der Waals surface area contributed by atoms with Crippen LogP contribution < -0.4 is 9.47 Å². The molecule has 5 aliphatic heterocycles. The van der Waals surface area contributed by atoms with Crippen molar-refractivity contribution in [1.82, 2.24) is 39.0 Å². The van der Waals surface area contributed by atoms with Gasteiger partial charge in [0.2, 0.25) is 11.8 Å². The average Bonchev–Trinajstić information content (AvgIpc) is 3.81. The molecule has 0 amide bonds. The van der Waals surface area contributed by atoms with Gasteiger partial charge in [-0.25, -0.2) is 24.5 Å². The van der Waals surface area contributed by atoms with Crippen LogP contribution in [0.4, 0.5) is 0 Å². The molecule has 9 rings (SSSR count). The van der Waals surface area contributed by atoms with Crippen molar-refractivity contribution in [3.05, 3.63) is 37.5 Å². The number of rotatable bonds is 0. The van der Waals surface area contributed by atoms with Gasteiger partial charge in [0.1, 0.15) is 62.5 Å². The van der Waals surface area contributed by atoms with Gasteiger partial charge < -0.3 is 38.6 Å². The molecule has 4 aromatic rings. The van der Waals surface area contributed by atoms with Crippen molar-refractivity contribution in [3.8, 4) is 11.8 Å². The van der Waals surface area contributed by atoms with Gasteiger partial charge in [-0.3, -0.25) is 22.7 Å². The van der Waals surface area contributed by atoms with Crippen molar-refractivity contribution in [3.63, 3.8) is 0 Å². The van der Waals surface area contributed by atoms with Crippen LogP contribution in [-0.4, -0.2) is 117 Å². The van der Waals surface area contributed by atoms with Crippen LogP contribution in [0.1, 0.15) is 12.5 Å². The highest BCUT2D eigenvalue weighted by Gasteiger charge is 2.53. The number of fused-ring (bicyclic) bond motifs is 10. The van der Waals surface area contributed by atoms with Gasteiger partial charge in [-0.15, -0.1) is 0 Å². The third-order valence-electron chi connectivity index (χ3n) is 7.94. The molecule has 0 aliphatic carbocycles. The van der Waals surface area contributed by atoms with Crippen LogP contribution in [0.15, 0.2) is 37.5 Å². The SMILES string of the molecule is O=P1(S)OC[C@H]2OC3[C@H](OP(O)(=S)OC[C@H]4O[C@H]([C@H](O1)[C@@H]4O)n1cnc4c(ncnc41)OC/C=C/COc1ncnc4c1ncn43)[C@@H]2O. The number of ether oxygens (including phenoxy) is 4. The maximum Gasteiger partial charge on any atom is 0.386 e. The summed E-state index contributed by atoms with van der Waals surface area (Å²) in [6.07, 6.45) is -2.00. The molecule has 3 N–H and O–H groups in total. The quantitative estimate of drug-likeness (QED) is 0.109. The largest absolute Gasteiger partial charge is 0.472 e. The van der Waals surface area contributed by atoms with E-state index in [0.29, 0.717) is 0 Å². The predicted molar refractivity (Wildman–Crippen MR) is 165 cm³/mol. The number of aromatic nitrogens is 8. The fourth-order valence-corrected chi connectivity index (χ4v) is 8.60. The Labute approximate surface area is 279 Å². The van der Waals surface area contributed by atoms with Crippen LogP contribution in [0.3, 0.4) is 0 Å². The Morgan fingerprint density at radius 1 is 0.771 bits per heavy atom. The number of thiol groups is 1. The first kappa shape index (κ1) is 32.5. The highest BCUT2D eigenvalue weighted by Crippen LogP contribution is 2.58. The lowest BCUT2D eigenvalue weighted by molar-refractivity contribution is -0.0600. The molecule has 20 nitrogen and oxygen atoms in total. The van der Waals surface area contributed by atoms with Gasteiger partial charge in [-0.1, -0.05) is 12.2 Å². The van der Waals surface area contributed by atoms with E-state index < -0.39 is 75.8 Å². The van der Waals surface area contributed by atoms with E-state index in [1.54, 1.807) is 12.2 Å². The Morgan fingerprint density at radius 2 is 1.27 bits per heavy atom. The zero-order valence-electron chi connectivity index (χ0n) is 24.3. The highest BCUT2D eigenvalue weighted by molar-refractivity contribution is 8.44. The smallest absolute Gasteiger partial charge is 0.386 e. The molecule has 256 valence electrons. The Kier molecular flexibility index (Phi) is 8.51. The molecule has 14 bridgehead atoms. The van der Waals surface area contributed by atoms with Crippen LogP contribution >= 0.6 is 25.8 Å². The molecule has 0 spiro atoms. The zero-order valence-corrected chi connectivity index (χ0v) is 27.8. The van der Waals surface area contributed by atoms with Crippen molar-refractivity contribution in [1.29, 1.82) is 0 Å². The third-order valence-corrected chi connectivity index (χ3v) is 11.1. The second kappa shape index (κ2) is 12.6. The summed E-state index contributed by atoms with van der Waals surface area (Å²) in [7, 11) is 0. The van der Waals surface area contributed by atoms with Gasteiger partial charge in [0.05, 0.1) is 25.9 Å². The second-order valence-corrected chi connectivity index (χ2v) is 16.5. The molecule has 0 radical (unpaired) electrons. The molecule has 3 unspecified atom stereocenters. The normalized spacial score (nSPS) is 38.0. The maximum atomic E-state index is 13.6. The number of imidazole rings is 2. The van der Waals surface area contributed by atoms with Crippen molar-refractivity contribution < 1.29 is 56.7 Å². The second-order valence-electron chi connectivity index (χ2n) is 10.9. The molecular formula is C24H26N8O12P2S2. The lowest BCUT2D eigenvalue weighted by atomic mass is 10.1. The molecule has 0 saturated carbocycles. The Hall–Kier alpha value is -2.69. The van der Waals surface area contributed by atoms with Crippen LogP contribution in [0, 0.1) is 0 Å². The zero-order chi connectivity index (χ0) is 33.2. The third kappa shape index (κ3) is 5.93. The van der Waals surface area contributed by atoms with Gasteiger partial charge in [0.15, 0.2) is 34.8 Å². The standard InChI is InChI=1S/C24H26N8O12P2S2/c33-15-11-5-39-46(36,48)44-18-16(34)12-6-40-45(35,47)43-17(15)23(41-11)31-9-29-13-19(31)25-7-27-21(13)37-3-1-2-4-38-22-14-20(26-8-28-22)32(10-30-14)24(18)42-12/h1-2,7-12,15-18,23-24,33-34H,3-6H2,(H,35,47)(H,36,48)/b2-1+/t11-,12-,15-,16-,17-,18-,23-,24?,45?,46?/m1/s1. The summed E-state index contributed by atoms with van der Waals surface area (Å²) in [5.74, 6) is 0.296. The van der Waals surface area contributed by atoms with Crippen molar-refractivity contribution >= 4 is 59.9 Å². The van der Waals surface area contributed by atoms with E-state index in [4.69, 9.17) is 48.8 Å². The summed E-state index contributed by atoms with van der Waals surface area (Å²) in [4.78, 5) is 36.9. The summed E-state index contributed by atoms with van der Waals surface area (Å²) < 4.78 is 63.2. The fraction of sp³-hybridized carbons (Fsp3) is 0.500. The molecular weight excluding hydrogens is 718 g/mol. The van der Waals surface area contributed by atoms with Gasteiger partial charge in [0, 0.05) is 0 Å². The Morgan fingerprint density at radius 3 is 1.81 bits per heavy atom. The topological polar surface area (TPSA) is 239 Å². The van der Waals surface area contributed by atoms with E-state index in [9.17, 15) is 19.7 Å². The molecule has 4 aromatic heterocycles. The van der Waals surface area contributed by atoms with Crippen molar-refractivity contribution in [2.24, 2.45) is 0 Å². The monoisotopic (exact) mass is 744 g/mol. The van der Waals surface area contributed by atoms with Gasteiger partial charge in [-0.05, 0) is 24.0 Å². The van der Waals surface area contributed by atoms with Crippen LogP contribution in [0.2, 0.25) is 0 Å². The number of hydrogen-bond donors (Lipinski definition) is 4. The minimum absolute atomic E-state index is 0.0944. The molecule has 48 heavy (non-hydrogen) atoms. The van der Waals surface area contributed by atoms with Crippen molar-refractivity contribution in [2.45, 2.75) is 49.1 Å². The molecule has 3 fully saturated rings. The number of aliphatic hydroxyl groups excluding tert-OH is 2. The summed E-state index contributed by atoms with van der Waals surface area (Å²) in [6.45, 7) is -9.35. The van der Waals surface area contributed by atoms with Crippen LogP contribution in [0.25, 0.3) is 22.3 Å². The minimum atomic E-state index is -4.31. The van der Waals surface area contributed by atoms with E-state index in [-0.39, 0.29) is 47.3 Å². The Balaban J connectivity index is 1.25. The molecule has 24 heteroatoms. The minimum Gasteiger partial charge on any atom is -0.472 e. The number of hydrogen-bond acceptors (Lipinski definition) is 18. The fourth-order valence-electron chi connectivity index (χ4n) is 5.73. The lowest BCUT2D eigenvalue weighted by Crippen LogP contribution is -2.37. The summed E-state index contributed by atoms with van der Waals surface area (Å²) in [6, 6.07) is 0. The summed E-state index contributed by atoms with van der Waals surface area (Å²) in [5.41, 5.74) is 0.973. The molecule has 10 atom stereocenters.